The first-order valence-corrected chi connectivity index (χ1v) is 9.69. The Labute approximate surface area is 163 Å². The van der Waals surface area contributed by atoms with E-state index >= 15 is 0 Å². The zero-order chi connectivity index (χ0) is 19.0. The van der Waals surface area contributed by atoms with Crippen LogP contribution in [0, 0.1) is 19.7 Å². The lowest BCUT2D eigenvalue weighted by atomic mass is 9.98. The summed E-state index contributed by atoms with van der Waals surface area (Å²) in [6.45, 7) is 5.98. The average molecular weight is 383 g/mol. The Hall–Kier alpha value is -2.47. The van der Waals surface area contributed by atoms with Crippen LogP contribution in [0.2, 0.25) is 0 Å². The highest BCUT2D eigenvalue weighted by Crippen LogP contribution is 2.28. The Morgan fingerprint density at radius 1 is 1.22 bits per heavy atom. The molecule has 0 saturated carbocycles. The molecule has 0 spiro atoms. The molecule has 2 heterocycles. The molecule has 1 aliphatic heterocycles. The van der Waals surface area contributed by atoms with Crippen LogP contribution in [-0.2, 0) is 0 Å². The molecule has 4 nitrogen and oxygen atoms in total. The van der Waals surface area contributed by atoms with Crippen LogP contribution in [-0.4, -0.2) is 33.1 Å². The number of anilines is 1. The van der Waals surface area contributed by atoms with Crippen molar-refractivity contribution in [3.8, 4) is 0 Å². The van der Waals surface area contributed by atoms with E-state index in [4.69, 9.17) is 17.2 Å². The Kier molecular flexibility index (Phi) is 4.83. The van der Waals surface area contributed by atoms with Crippen LogP contribution in [0.25, 0.3) is 11.0 Å². The molecule has 1 aliphatic rings. The van der Waals surface area contributed by atoms with Crippen molar-refractivity contribution in [2.75, 3.05) is 18.4 Å². The van der Waals surface area contributed by atoms with Crippen molar-refractivity contribution < 1.29 is 4.39 Å². The van der Waals surface area contributed by atoms with Crippen LogP contribution in [0.4, 0.5) is 10.1 Å². The summed E-state index contributed by atoms with van der Waals surface area (Å²) in [5.74, 6) is 1.10. The molecular weight excluding hydrogens is 359 g/mol. The SMILES string of the molecule is Cc1cc2nc([C@@H]3CCCN(C(=S)Nc4ccc(F)cc4)C3)[nH]c2cc1C. The summed E-state index contributed by atoms with van der Waals surface area (Å²) >= 11 is 5.58. The molecule has 0 amide bonds. The lowest BCUT2D eigenvalue weighted by Gasteiger charge is -2.33. The number of hydrogen-bond acceptors (Lipinski definition) is 2. The molecule has 0 bridgehead atoms. The largest absolute Gasteiger partial charge is 0.348 e. The van der Waals surface area contributed by atoms with Gasteiger partial charge in [-0.2, -0.15) is 0 Å². The number of nitrogens with one attached hydrogen (secondary N) is 2. The van der Waals surface area contributed by atoms with Crippen molar-refractivity contribution in [2.24, 2.45) is 0 Å². The number of likely N-dealkylation sites (tertiary alicyclic amines) is 1. The Bertz CT molecular complexity index is 941. The van der Waals surface area contributed by atoms with E-state index in [0.29, 0.717) is 11.0 Å². The van der Waals surface area contributed by atoms with Crippen molar-refractivity contribution in [2.45, 2.75) is 32.6 Å². The van der Waals surface area contributed by atoms with Crippen LogP contribution in [0.1, 0.15) is 35.7 Å². The van der Waals surface area contributed by atoms with Gasteiger partial charge in [0.1, 0.15) is 11.6 Å². The fraction of sp³-hybridized carbons (Fsp3) is 0.333. The van der Waals surface area contributed by atoms with Gasteiger partial charge >= 0.3 is 0 Å². The number of halogens is 1. The van der Waals surface area contributed by atoms with Crippen LogP contribution in [0.5, 0.6) is 0 Å². The number of hydrogen-bond donors (Lipinski definition) is 2. The molecule has 27 heavy (non-hydrogen) atoms. The second-order valence-corrected chi connectivity index (χ2v) is 7.68. The van der Waals surface area contributed by atoms with Gasteiger partial charge in [-0.25, -0.2) is 9.37 Å². The first kappa shape index (κ1) is 17.9. The van der Waals surface area contributed by atoms with E-state index < -0.39 is 0 Å². The molecule has 6 heteroatoms. The first-order chi connectivity index (χ1) is 13.0. The second kappa shape index (κ2) is 7.27. The Balaban J connectivity index is 1.49. The highest BCUT2D eigenvalue weighted by atomic mass is 32.1. The van der Waals surface area contributed by atoms with Crippen molar-refractivity contribution in [3.63, 3.8) is 0 Å². The van der Waals surface area contributed by atoms with E-state index in [2.05, 4.69) is 41.2 Å². The number of nitrogens with zero attached hydrogens (tertiary/aromatic N) is 2. The van der Waals surface area contributed by atoms with Gasteiger partial charge in [0, 0.05) is 24.7 Å². The van der Waals surface area contributed by atoms with E-state index in [1.54, 1.807) is 12.1 Å². The monoisotopic (exact) mass is 382 g/mol. The van der Waals surface area contributed by atoms with Crippen molar-refractivity contribution in [1.82, 2.24) is 14.9 Å². The van der Waals surface area contributed by atoms with Gasteiger partial charge in [-0.1, -0.05) is 0 Å². The third-order valence-electron chi connectivity index (χ3n) is 5.31. The topological polar surface area (TPSA) is 44.0 Å². The van der Waals surface area contributed by atoms with E-state index in [-0.39, 0.29) is 5.82 Å². The van der Waals surface area contributed by atoms with E-state index in [1.165, 1.54) is 23.3 Å². The van der Waals surface area contributed by atoms with E-state index in [9.17, 15) is 4.39 Å². The smallest absolute Gasteiger partial charge is 0.173 e. The van der Waals surface area contributed by atoms with Gasteiger partial charge in [0.05, 0.1) is 11.0 Å². The van der Waals surface area contributed by atoms with Crippen LogP contribution >= 0.6 is 12.2 Å². The summed E-state index contributed by atoms with van der Waals surface area (Å²) in [6.07, 6.45) is 2.15. The van der Waals surface area contributed by atoms with Gasteiger partial charge in [0.15, 0.2) is 5.11 Å². The molecule has 3 aromatic rings. The van der Waals surface area contributed by atoms with Gasteiger partial charge in [-0.15, -0.1) is 0 Å². The second-order valence-electron chi connectivity index (χ2n) is 7.30. The molecule has 1 aromatic heterocycles. The molecule has 140 valence electrons. The molecule has 0 radical (unpaired) electrons. The highest BCUT2D eigenvalue weighted by Gasteiger charge is 2.25. The molecule has 2 N–H and O–H groups in total. The summed E-state index contributed by atoms with van der Waals surface area (Å²) in [5.41, 5.74) is 5.45. The predicted octanol–water partition coefficient (Wildman–Crippen LogP) is 4.90. The molecule has 1 atom stereocenters. The molecular formula is C21H23FN4S. The number of aromatic nitrogens is 2. The molecule has 1 saturated heterocycles. The fourth-order valence-corrected chi connectivity index (χ4v) is 3.89. The summed E-state index contributed by atoms with van der Waals surface area (Å²) in [5, 5.41) is 3.89. The van der Waals surface area contributed by atoms with Gasteiger partial charge in [0.25, 0.3) is 0 Å². The number of aryl methyl sites for hydroxylation is 2. The van der Waals surface area contributed by atoms with Crippen molar-refractivity contribution >= 4 is 34.1 Å². The number of thiocarbonyl (C=S) groups is 1. The number of H-pyrrole nitrogens is 1. The summed E-state index contributed by atoms with van der Waals surface area (Å²) in [4.78, 5) is 10.5. The number of fused-ring (bicyclic) bond motifs is 1. The maximum Gasteiger partial charge on any atom is 0.173 e. The molecule has 1 fully saturated rings. The van der Waals surface area contributed by atoms with Gasteiger partial charge < -0.3 is 15.2 Å². The third kappa shape index (κ3) is 3.81. The quantitative estimate of drug-likeness (QED) is 0.619. The highest BCUT2D eigenvalue weighted by molar-refractivity contribution is 7.80. The number of benzene rings is 2. The van der Waals surface area contributed by atoms with Crippen molar-refractivity contribution in [3.05, 3.63) is 59.2 Å². The maximum absolute atomic E-state index is 13.1. The average Bonchev–Trinajstić information content (AvgIpc) is 3.07. The van der Waals surface area contributed by atoms with Crippen molar-refractivity contribution in [1.29, 1.82) is 0 Å². The number of aromatic amines is 1. The zero-order valence-electron chi connectivity index (χ0n) is 15.6. The summed E-state index contributed by atoms with van der Waals surface area (Å²) in [6, 6.07) is 10.6. The van der Waals surface area contributed by atoms with Crippen LogP contribution in [0.3, 0.4) is 0 Å². The van der Waals surface area contributed by atoms with Gasteiger partial charge in [-0.3, -0.25) is 0 Å². The number of rotatable bonds is 2. The number of piperidine rings is 1. The normalized spacial score (nSPS) is 17.3. The van der Waals surface area contributed by atoms with Crippen LogP contribution < -0.4 is 5.32 Å². The third-order valence-corrected chi connectivity index (χ3v) is 5.67. The summed E-state index contributed by atoms with van der Waals surface area (Å²) in [7, 11) is 0. The zero-order valence-corrected chi connectivity index (χ0v) is 16.4. The maximum atomic E-state index is 13.1. The molecule has 2 aromatic carbocycles. The molecule has 0 aliphatic carbocycles. The standard InChI is InChI=1S/C21H23FN4S/c1-13-10-18-19(11-14(13)2)25-20(24-18)15-4-3-9-26(12-15)21(27)23-17-7-5-16(22)6-8-17/h5-8,10-11,15H,3-4,9,12H2,1-2H3,(H,23,27)(H,24,25)/t15-/m1/s1. The lowest BCUT2D eigenvalue weighted by Crippen LogP contribution is -2.41. The lowest BCUT2D eigenvalue weighted by molar-refractivity contribution is 0.307. The van der Waals surface area contributed by atoms with E-state index in [1.807, 2.05) is 0 Å². The summed E-state index contributed by atoms with van der Waals surface area (Å²) < 4.78 is 13.1. The van der Waals surface area contributed by atoms with Gasteiger partial charge in [-0.05, 0) is 86.4 Å². The van der Waals surface area contributed by atoms with E-state index in [0.717, 1.165) is 48.5 Å². The predicted molar refractivity (Wildman–Crippen MR) is 112 cm³/mol. The first-order valence-electron chi connectivity index (χ1n) is 9.28. The minimum absolute atomic E-state index is 0.250. The Morgan fingerprint density at radius 3 is 2.74 bits per heavy atom. The minimum atomic E-state index is -0.250. The minimum Gasteiger partial charge on any atom is -0.348 e. The molecule has 0 unspecified atom stereocenters. The van der Waals surface area contributed by atoms with Crippen LogP contribution in [0.15, 0.2) is 36.4 Å². The number of imidazole rings is 1. The Morgan fingerprint density at radius 2 is 1.96 bits per heavy atom. The fourth-order valence-electron chi connectivity index (χ4n) is 3.60. The molecule has 4 rings (SSSR count). The van der Waals surface area contributed by atoms with Gasteiger partial charge in [0.2, 0.25) is 0 Å².